The van der Waals surface area contributed by atoms with Crippen molar-refractivity contribution >= 4 is 10.0 Å². The molecule has 0 fully saturated rings. The summed E-state index contributed by atoms with van der Waals surface area (Å²) in [7, 11) is -2.01. The van der Waals surface area contributed by atoms with Crippen LogP contribution in [0, 0.1) is 12.7 Å². The molecule has 4 nitrogen and oxygen atoms in total. The van der Waals surface area contributed by atoms with Crippen molar-refractivity contribution in [2.75, 3.05) is 13.7 Å². The first kappa shape index (κ1) is 17.4. The van der Waals surface area contributed by atoms with Crippen molar-refractivity contribution in [3.8, 4) is 5.75 Å². The maximum atomic E-state index is 13.6. The summed E-state index contributed by atoms with van der Waals surface area (Å²) in [5.41, 5.74) is 2.53. The van der Waals surface area contributed by atoms with Gasteiger partial charge in [0.25, 0.3) is 0 Å². The van der Waals surface area contributed by atoms with Gasteiger partial charge in [0.05, 0.1) is 12.9 Å². The van der Waals surface area contributed by atoms with Gasteiger partial charge in [0.1, 0.15) is 0 Å². The van der Waals surface area contributed by atoms with Gasteiger partial charge in [-0.3, -0.25) is 0 Å². The fourth-order valence-electron chi connectivity index (χ4n) is 2.17. The molecule has 0 amide bonds. The van der Waals surface area contributed by atoms with Gasteiger partial charge in [-0.15, -0.1) is 0 Å². The van der Waals surface area contributed by atoms with Crippen LogP contribution < -0.4 is 9.46 Å². The van der Waals surface area contributed by atoms with Gasteiger partial charge in [-0.05, 0) is 36.6 Å². The number of rotatable bonds is 7. The summed E-state index contributed by atoms with van der Waals surface area (Å²) < 4.78 is 45.0. The maximum Gasteiger partial charge on any atom is 0.215 e. The Bertz CT molecular complexity index is 758. The van der Waals surface area contributed by atoms with Crippen LogP contribution >= 0.6 is 0 Å². The third kappa shape index (κ3) is 5.33. The third-order valence-electron chi connectivity index (χ3n) is 3.43. The van der Waals surface area contributed by atoms with Gasteiger partial charge in [-0.25, -0.2) is 17.5 Å². The fourth-order valence-corrected chi connectivity index (χ4v) is 3.32. The van der Waals surface area contributed by atoms with Crippen LogP contribution in [0.4, 0.5) is 4.39 Å². The molecule has 0 aliphatic heterocycles. The monoisotopic (exact) mass is 337 g/mol. The molecule has 0 saturated heterocycles. The Hall–Kier alpha value is -1.92. The SMILES string of the molecule is COc1ccc(CCNS(=O)(=O)Cc2ccc(C)cc2)cc1F. The van der Waals surface area contributed by atoms with Crippen molar-refractivity contribution in [3.63, 3.8) is 0 Å². The van der Waals surface area contributed by atoms with Gasteiger partial charge in [0.2, 0.25) is 10.0 Å². The lowest BCUT2D eigenvalue weighted by molar-refractivity contribution is 0.386. The standard InChI is InChI=1S/C17H20FNO3S/c1-13-3-5-15(6-4-13)12-23(20,21)19-10-9-14-7-8-17(22-2)16(18)11-14/h3-8,11,19H,9-10,12H2,1-2H3. The lowest BCUT2D eigenvalue weighted by atomic mass is 10.1. The van der Waals surface area contributed by atoms with Gasteiger partial charge in [-0.1, -0.05) is 35.9 Å². The molecule has 0 unspecified atom stereocenters. The van der Waals surface area contributed by atoms with Gasteiger partial charge >= 0.3 is 0 Å². The van der Waals surface area contributed by atoms with Crippen LogP contribution in [-0.2, 0) is 22.2 Å². The largest absolute Gasteiger partial charge is 0.494 e. The molecule has 2 aromatic rings. The first-order valence-corrected chi connectivity index (χ1v) is 8.90. The number of halogens is 1. The summed E-state index contributed by atoms with van der Waals surface area (Å²) in [5, 5.41) is 0. The highest BCUT2D eigenvalue weighted by Crippen LogP contribution is 2.17. The molecule has 0 atom stereocenters. The van der Waals surface area contributed by atoms with E-state index < -0.39 is 15.8 Å². The van der Waals surface area contributed by atoms with Crippen molar-refractivity contribution < 1.29 is 17.5 Å². The maximum absolute atomic E-state index is 13.6. The molecule has 0 bridgehead atoms. The summed E-state index contributed by atoms with van der Waals surface area (Å²) in [4.78, 5) is 0. The molecule has 0 aliphatic carbocycles. The average Bonchev–Trinajstić information content (AvgIpc) is 2.49. The van der Waals surface area contributed by atoms with E-state index >= 15 is 0 Å². The van der Waals surface area contributed by atoms with E-state index in [0.717, 1.165) is 11.1 Å². The van der Waals surface area contributed by atoms with Crippen LogP contribution in [0.5, 0.6) is 5.75 Å². The number of hydrogen-bond donors (Lipinski definition) is 1. The highest BCUT2D eigenvalue weighted by Gasteiger charge is 2.11. The summed E-state index contributed by atoms with van der Waals surface area (Å²) in [6.45, 7) is 2.17. The van der Waals surface area contributed by atoms with Crippen molar-refractivity contribution in [1.29, 1.82) is 0 Å². The van der Waals surface area contributed by atoms with Crippen molar-refractivity contribution in [3.05, 3.63) is 65.0 Å². The summed E-state index contributed by atoms with van der Waals surface area (Å²) >= 11 is 0. The Kier molecular flexibility index (Phi) is 5.74. The molecule has 124 valence electrons. The summed E-state index contributed by atoms with van der Waals surface area (Å²) in [5.74, 6) is -0.342. The number of ether oxygens (including phenoxy) is 1. The second-order valence-electron chi connectivity index (χ2n) is 5.36. The predicted octanol–water partition coefficient (Wildman–Crippen LogP) is 2.80. The number of nitrogens with one attached hydrogen (secondary N) is 1. The van der Waals surface area contributed by atoms with Crippen LogP contribution in [0.15, 0.2) is 42.5 Å². The molecule has 0 radical (unpaired) electrons. The molecule has 23 heavy (non-hydrogen) atoms. The van der Waals surface area contributed by atoms with Crippen molar-refractivity contribution in [2.45, 2.75) is 19.1 Å². The minimum Gasteiger partial charge on any atom is -0.494 e. The zero-order valence-electron chi connectivity index (χ0n) is 13.2. The van der Waals surface area contributed by atoms with Crippen LogP contribution in [0.25, 0.3) is 0 Å². The van der Waals surface area contributed by atoms with E-state index in [0.29, 0.717) is 12.0 Å². The Labute approximate surface area is 136 Å². The Morgan fingerprint density at radius 1 is 1.09 bits per heavy atom. The minimum atomic E-state index is -3.41. The molecular formula is C17H20FNO3S. The van der Waals surface area contributed by atoms with Crippen molar-refractivity contribution in [1.82, 2.24) is 4.72 Å². The molecule has 2 rings (SSSR count). The molecule has 1 N–H and O–H groups in total. The molecule has 6 heteroatoms. The molecule has 0 aromatic heterocycles. The minimum absolute atomic E-state index is 0.0652. The Morgan fingerprint density at radius 3 is 2.35 bits per heavy atom. The van der Waals surface area contributed by atoms with Gasteiger partial charge < -0.3 is 4.74 Å². The van der Waals surface area contributed by atoms with E-state index in [1.165, 1.54) is 19.2 Å². The van der Waals surface area contributed by atoms with E-state index in [4.69, 9.17) is 4.74 Å². The zero-order valence-corrected chi connectivity index (χ0v) is 14.0. The number of sulfonamides is 1. The Balaban J connectivity index is 1.89. The van der Waals surface area contributed by atoms with Crippen molar-refractivity contribution in [2.24, 2.45) is 0 Å². The van der Waals surface area contributed by atoms with Crippen LogP contribution in [0.1, 0.15) is 16.7 Å². The van der Waals surface area contributed by atoms with E-state index in [9.17, 15) is 12.8 Å². The molecule has 0 saturated carbocycles. The van der Waals surface area contributed by atoms with Gasteiger partial charge in [-0.2, -0.15) is 0 Å². The highest BCUT2D eigenvalue weighted by atomic mass is 32.2. The van der Waals surface area contributed by atoms with Gasteiger partial charge in [0.15, 0.2) is 11.6 Å². The lowest BCUT2D eigenvalue weighted by Gasteiger charge is -2.08. The second kappa shape index (κ2) is 7.57. The first-order chi connectivity index (χ1) is 10.9. The second-order valence-corrected chi connectivity index (χ2v) is 7.16. The van der Waals surface area contributed by atoms with Crippen LogP contribution in [0.3, 0.4) is 0 Å². The smallest absolute Gasteiger partial charge is 0.215 e. The number of methoxy groups -OCH3 is 1. The number of hydrogen-bond acceptors (Lipinski definition) is 3. The molecule has 2 aromatic carbocycles. The van der Waals surface area contributed by atoms with Crippen LogP contribution in [0.2, 0.25) is 0 Å². The number of aryl methyl sites for hydroxylation is 1. The molecule has 0 heterocycles. The first-order valence-electron chi connectivity index (χ1n) is 7.25. The Morgan fingerprint density at radius 2 is 1.74 bits per heavy atom. The summed E-state index contributed by atoms with van der Waals surface area (Å²) in [6.07, 6.45) is 0.411. The highest BCUT2D eigenvalue weighted by molar-refractivity contribution is 7.88. The van der Waals surface area contributed by atoms with E-state index in [2.05, 4.69) is 4.72 Å². The number of benzene rings is 2. The quantitative estimate of drug-likeness (QED) is 0.845. The summed E-state index contributed by atoms with van der Waals surface area (Å²) in [6, 6.07) is 12.0. The van der Waals surface area contributed by atoms with E-state index in [1.54, 1.807) is 18.2 Å². The van der Waals surface area contributed by atoms with E-state index in [1.807, 2.05) is 19.1 Å². The van der Waals surface area contributed by atoms with Crippen LogP contribution in [-0.4, -0.2) is 22.1 Å². The lowest BCUT2D eigenvalue weighted by Crippen LogP contribution is -2.27. The zero-order chi connectivity index (χ0) is 16.9. The molecular weight excluding hydrogens is 317 g/mol. The molecule has 0 spiro atoms. The predicted molar refractivity (Wildman–Crippen MR) is 88.5 cm³/mol. The molecule has 0 aliphatic rings. The average molecular weight is 337 g/mol. The van der Waals surface area contributed by atoms with Gasteiger partial charge in [0, 0.05) is 6.54 Å². The third-order valence-corrected chi connectivity index (χ3v) is 4.79. The fraction of sp³-hybridized carbons (Fsp3) is 0.294. The normalized spacial score (nSPS) is 11.4. The van der Waals surface area contributed by atoms with E-state index in [-0.39, 0.29) is 18.0 Å². The topological polar surface area (TPSA) is 55.4 Å².